The summed E-state index contributed by atoms with van der Waals surface area (Å²) < 4.78 is 5.66. The number of hydrogen-bond donors (Lipinski definition) is 1. The van der Waals surface area contributed by atoms with Crippen molar-refractivity contribution in [2.45, 2.75) is 32.2 Å². The largest absolute Gasteiger partial charge is 0.494 e. The van der Waals surface area contributed by atoms with Crippen molar-refractivity contribution in [3.8, 4) is 5.75 Å². The maximum atomic E-state index is 5.66. The number of ether oxygens (including phenoxy) is 1. The molecule has 5 atom stereocenters. The molecule has 0 saturated heterocycles. The number of nitrogens with one attached hydrogen (secondary N) is 1. The summed E-state index contributed by atoms with van der Waals surface area (Å²) in [4.78, 5) is 0. The molecule has 20 heavy (non-hydrogen) atoms. The van der Waals surface area contributed by atoms with Gasteiger partial charge < -0.3 is 10.1 Å². The Kier molecular flexibility index (Phi) is 3.03. The van der Waals surface area contributed by atoms with Gasteiger partial charge in [0.05, 0.1) is 6.61 Å². The minimum atomic E-state index is 0.522. The molecule has 0 heterocycles. The van der Waals surface area contributed by atoms with E-state index in [1.807, 2.05) is 6.92 Å². The maximum Gasteiger partial charge on any atom is 0.119 e. The highest BCUT2D eigenvalue weighted by molar-refractivity contribution is 5.33. The molecule has 1 aromatic rings. The smallest absolute Gasteiger partial charge is 0.119 e. The number of fused-ring (bicyclic) bond motifs is 5. The Morgan fingerprint density at radius 1 is 1.25 bits per heavy atom. The van der Waals surface area contributed by atoms with Crippen LogP contribution in [0, 0.1) is 29.6 Å². The Balaban J connectivity index is 1.56. The molecule has 3 aliphatic carbocycles. The van der Waals surface area contributed by atoms with Gasteiger partial charge in [0.25, 0.3) is 0 Å². The van der Waals surface area contributed by atoms with E-state index >= 15 is 0 Å². The van der Waals surface area contributed by atoms with Crippen molar-refractivity contribution in [2.75, 3.05) is 13.7 Å². The summed E-state index contributed by atoms with van der Waals surface area (Å²) in [6.45, 7) is 2.79. The van der Waals surface area contributed by atoms with Crippen LogP contribution in [-0.2, 0) is 0 Å². The molecule has 0 aromatic heterocycles. The van der Waals surface area contributed by atoms with Crippen molar-refractivity contribution in [2.24, 2.45) is 29.6 Å². The fraction of sp³-hybridized carbons (Fsp3) is 0.667. The lowest BCUT2D eigenvalue weighted by Crippen LogP contribution is -2.22. The van der Waals surface area contributed by atoms with Crippen LogP contribution in [0.1, 0.15) is 37.8 Å². The van der Waals surface area contributed by atoms with E-state index in [1.165, 1.54) is 24.8 Å². The molecule has 0 amide bonds. The lowest BCUT2D eigenvalue weighted by molar-refractivity contribution is 0.338. The van der Waals surface area contributed by atoms with Gasteiger partial charge in [-0.05, 0) is 80.5 Å². The molecule has 0 radical (unpaired) electrons. The molecule has 0 spiro atoms. The van der Waals surface area contributed by atoms with Crippen LogP contribution in [0.15, 0.2) is 24.3 Å². The van der Waals surface area contributed by atoms with Crippen molar-refractivity contribution >= 4 is 0 Å². The average Bonchev–Trinajstić information content (AvgIpc) is 2.89. The van der Waals surface area contributed by atoms with Gasteiger partial charge in [-0.1, -0.05) is 12.1 Å². The summed E-state index contributed by atoms with van der Waals surface area (Å²) in [6.07, 6.45) is 4.52. The predicted molar refractivity (Wildman–Crippen MR) is 80.7 cm³/mol. The molecular weight excluding hydrogens is 246 g/mol. The molecule has 4 rings (SSSR count). The Hall–Kier alpha value is -1.02. The first kappa shape index (κ1) is 12.7. The molecule has 2 heteroatoms. The molecule has 2 nitrogen and oxygen atoms in total. The Labute approximate surface area is 121 Å². The van der Waals surface area contributed by atoms with E-state index in [4.69, 9.17) is 4.74 Å². The Bertz CT molecular complexity index is 484. The van der Waals surface area contributed by atoms with E-state index in [-0.39, 0.29) is 0 Å². The topological polar surface area (TPSA) is 21.3 Å². The number of benzene rings is 1. The van der Waals surface area contributed by atoms with Gasteiger partial charge >= 0.3 is 0 Å². The molecule has 108 valence electrons. The second-order valence-electron chi connectivity index (χ2n) is 6.84. The van der Waals surface area contributed by atoms with E-state index < -0.39 is 0 Å². The molecule has 5 unspecified atom stereocenters. The number of rotatable bonds is 5. The lowest BCUT2D eigenvalue weighted by Gasteiger charge is -2.21. The van der Waals surface area contributed by atoms with E-state index in [0.29, 0.717) is 6.04 Å². The summed E-state index contributed by atoms with van der Waals surface area (Å²) in [7, 11) is 2.12. The summed E-state index contributed by atoms with van der Waals surface area (Å²) in [6, 6.07) is 9.23. The molecule has 3 saturated carbocycles. The van der Waals surface area contributed by atoms with Crippen LogP contribution in [0.5, 0.6) is 5.75 Å². The first-order valence-corrected chi connectivity index (χ1v) is 8.23. The SMILES string of the molecule is CCOc1cccc(C(NC)C2C3C4CCC(C4)C32)c1. The number of hydrogen-bond acceptors (Lipinski definition) is 2. The second kappa shape index (κ2) is 4.77. The zero-order valence-electron chi connectivity index (χ0n) is 12.5. The molecule has 3 aliphatic rings. The fourth-order valence-electron chi connectivity index (χ4n) is 5.38. The third kappa shape index (κ3) is 1.81. The Morgan fingerprint density at radius 2 is 2.00 bits per heavy atom. The second-order valence-corrected chi connectivity index (χ2v) is 6.84. The lowest BCUT2D eigenvalue weighted by atomic mass is 9.93. The third-order valence-corrected chi connectivity index (χ3v) is 6.02. The van der Waals surface area contributed by atoms with Crippen molar-refractivity contribution < 1.29 is 4.74 Å². The van der Waals surface area contributed by atoms with Crippen LogP contribution in [0.3, 0.4) is 0 Å². The van der Waals surface area contributed by atoms with E-state index in [1.54, 1.807) is 0 Å². The quantitative estimate of drug-likeness (QED) is 0.883. The highest BCUT2D eigenvalue weighted by atomic mass is 16.5. The van der Waals surface area contributed by atoms with Crippen LogP contribution in [0.25, 0.3) is 0 Å². The van der Waals surface area contributed by atoms with Crippen molar-refractivity contribution in [1.82, 2.24) is 5.32 Å². The minimum absolute atomic E-state index is 0.522. The van der Waals surface area contributed by atoms with Crippen molar-refractivity contribution in [3.05, 3.63) is 29.8 Å². The van der Waals surface area contributed by atoms with Crippen molar-refractivity contribution in [1.29, 1.82) is 0 Å². The first-order valence-electron chi connectivity index (χ1n) is 8.23. The fourth-order valence-corrected chi connectivity index (χ4v) is 5.38. The summed E-state index contributed by atoms with van der Waals surface area (Å²) in [5, 5.41) is 3.59. The zero-order valence-corrected chi connectivity index (χ0v) is 12.5. The minimum Gasteiger partial charge on any atom is -0.494 e. The molecule has 2 bridgehead atoms. The Morgan fingerprint density at radius 3 is 2.65 bits per heavy atom. The molecule has 1 N–H and O–H groups in total. The van der Waals surface area contributed by atoms with Crippen LogP contribution in [0.4, 0.5) is 0 Å². The maximum absolute atomic E-state index is 5.66. The van der Waals surface area contributed by atoms with Crippen LogP contribution in [-0.4, -0.2) is 13.7 Å². The van der Waals surface area contributed by atoms with Crippen molar-refractivity contribution in [3.63, 3.8) is 0 Å². The van der Waals surface area contributed by atoms with Gasteiger partial charge in [0.1, 0.15) is 5.75 Å². The van der Waals surface area contributed by atoms with E-state index in [9.17, 15) is 0 Å². The van der Waals surface area contributed by atoms with Gasteiger partial charge in [-0.2, -0.15) is 0 Å². The van der Waals surface area contributed by atoms with Crippen LogP contribution >= 0.6 is 0 Å². The third-order valence-electron chi connectivity index (χ3n) is 6.02. The zero-order chi connectivity index (χ0) is 13.7. The molecule has 3 fully saturated rings. The predicted octanol–water partition coefficient (Wildman–Crippen LogP) is 3.64. The summed E-state index contributed by atoms with van der Waals surface area (Å²) >= 11 is 0. The first-order chi connectivity index (χ1) is 9.83. The van der Waals surface area contributed by atoms with Gasteiger partial charge in [-0.3, -0.25) is 0 Å². The van der Waals surface area contributed by atoms with E-state index in [0.717, 1.165) is 41.9 Å². The van der Waals surface area contributed by atoms with Gasteiger partial charge in [0.15, 0.2) is 0 Å². The van der Waals surface area contributed by atoms with Gasteiger partial charge in [0, 0.05) is 6.04 Å². The molecule has 1 aromatic carbocycles. The highest BCUT2D eigenvalue weighted by Crippen LogP contribution is 2.72. The van der Waals surface area contributed by atoms with Gasteiger partial charge in [-0.15, -0.1) is 0 Å². The molecule has 0 aliphatic heterocycles. The monoisotopic (exact) mass is 271 g/mol. The van der Waals surface area contributed by atoms with Gasteiger partial charge in [-0.25, -0.2) is 0 Å². The standard InChI is InChI=1S/C18H25NO/c1-3-20-14-6-4-5-13(10-14)18(19-2)17-15-11-7-8-12(9-11)16(15)17/h4-6,10-12,15-19H,3,7-9H2,1-2H3. The van der Waals surface area contributed by atoms with Crippen LogP contribution < -0.4 is 10.1 Å². The van der Waals surface area contributed by atoms with Crippen LogP contribution in [0.2, 0.25) is 0 Å². The summed E-state index contributed by atoms with van der Waals surface area (Å²) in [5.41, 5.74) is 1.41. The highest BCUT2D eigenvalue weighted by Gasteiger charge is 2.66. The molecular formula is C18H25NO. The normalized spacial score (nSPS) is 38.6. The summed E-state index contributed by atoms with van der Waals surface area (Å²) in [5.74, 6) is 6.01. The van der Waals surface area contributed by atoms with Gasteiger partial charge in [0.2, 0.25) is 0 Å². The van der Waals surface area contributed by atoms with E-state index in [2.05, 4.69) is 36.6 Å². The average molecular weight is 271 g/mol.